The number of cyclic esters (lactones) is 2. The van der Waals surface area contributed by atoms with Gasteiger partial charge in [-0.15, -0.1) is 11.3 Å². The molecule has 1 N–H and O–H groups in total. The number of hydrogen-bond donors (Lipinski definition) is 1. The quantitative estimate of drug-likeness (QED) is 0.193. The van der Waals surface area contributed by atoms with Crippen molar-refractivity contribution in [2.45, 2.75) is 101 Å². The number of carbonyl (C=O) groups excluding carboxylic acids is 3. The third kappa shape index (κ3) is 12.7. The van der Waals surface area contributed by atoms with Gasteiger partial charge in [-0.3, -0.25) is 4.79 Å². The SMILES string of the molecule is C/C(Br)=C\[C@@H]1Cc2nc(cs2)[C@@H](C)C[C@@H](NC(=O)OC(C)(C)C(Cl)(Cl)Cl)CC(=O)O[C@@H](C)C/C(C)=C/C=C\C(=O)O1. The molecule has 1 amide bonds. The third-order valence-corrected chi connectivity index (χ3v) is 8.61. The van der Waals surface area contributed by atoms with Crippen LogP contribution in [0.15, 0.2) is 39.7 Å². The van der Waals surface area contributed by atoms with Gasteiger partial charge in [-0.1, -0.05) is 75.4 Å². The maximum atomic E-state index is 12.9. The highest BCUT2D eigenvalue weighted by atomic mass is 79.9. The smallest absolute Gasteiger partial charge is 0.408 e. The minimum atomic E-state index is -1.87. The molecule has 8 nitrogen and oxygen atoms in total. The van der Waals surface area contributed by atoms with Crippen molar-refractivity contribution in [2.24, 2.45) is 0 Å². The number of aromatic nitrogens is 1. The third-order valence-electron chi connectivity index (χ3n) is 6.09. The average molecular weight is 715 g/mol. The minimum Gasteiger partial charge on any atom is -0.462 e. The fourth-order valence-corrected chi connectivity index (χ4v) is 5.32. The van der Waals surface area contributed by atoms with Crippen LogP contribution in [0, 0.1) is 0 Å². The molecule has 2 bridgehead atoms. The van der Waals surface area contributed by atoms with Gasteiger partial charge in [0, 0.05) is 36.3 Å². The molecular formula is C28H36BrCl3N2O6S. The number of carbonyl (C=O) groups is 3. The normalized spacial score (nSPS) is 26.3. The summed E-state index contributed by atoms with van der Waals surface area (Å²) in [6.07, 6.45) is 5.85. The van der Waals surface area contributed by atoms with Gasteiger partial charge in [0.2, 0.25) is 3.79 Å². The second-order valence-corrected chi connectivity index (χ2v) is 15.0. The zero-order valence-corrected chi connectivity index (χ0v) is 28.5. The molecule has 1 aromatic heterocycles. The van der Waals surface area contributed by atoms with Crippen LogP contribution in [-0.4, -0.2) is 50.7 Å². The van der Waals surface area contributed by atoms with E-state index in [4.69, 9.17) is 54.0 Å². The number of thiazole rings is 1. The first-order valence-corrected chi connectivity index (χ1v) is 15.8. The summed E-state index contributed by atoms with van der Waals surface area (Å²) >= 11 is 22.8. The summed E-state index contributed by atoms with van der Waals surface area (Å²) in [6, 6.07) is -0.650. The van der Waals surface area contributed by atoms with E-state index in [-0.39, 0.29) is 12.3 Å². The highest BCUT2D eigenvalue weighted by Gasteiger charge is 2.44. The van der Waals surface area contributed by atoms with Crippen molar-refractivity contribution in [3.8, 4) is 0 Å². The number of nitrogens with one attached hydrogen (secondary N) is 1. The molecule has 1 aliphatic rings. The number of rotatable bonds is 3. The highest BCUT2D eigenvalue weighted by molar-refractivity contribution is 9.11. The van der Waals surface area contributed by atoms with Crippen LogP contribution in [0.25, 0.3) is 0 Å². The van der Waals surface area contributed by atoms with E-state index in [1.165, 1.54) is 31.3 Å². The van der Waals surface area contributed by atoms with Gasteiger partial charge in [0.05, 0.1) is 17.1 Å². The minimum absolute atomic E-state index is 0.0998. The number of allylic oxidation sites excluding steroid dienone is 3. The van der Waals surface area contributed by atoms with Crippen molar-refractivity contribution in [3.05, 3.63) is 50.4 Å². The van der Waals surface area contributed by atoms with Crippen LogP contribution in [0.4, 0.5) is 4.79 Å². The molecule has 0 aromatic carbocycles. The number of nitrogens with zero attached hydrogens (tertiary/aromatic N) is 1. The Morgan fingerprint density at radius 2 is 1.88 bits per heavy atom. The number of alkyl halides is 3. The first-order chi connectivity index (χ1) is 18.9. The zero-order valence-electron chi connectivity index (χ0n) is 23.8. The monoisotopic (exact) mass is 712 g/mol. The van der Waals surface area contributed by atoms with E-state index < -0.39 is 45.7 Å². The standard InChI is InChI=1S/C28H36BrCl3N2O6S/c1-16-8-7-9-24(35)39-21(12-18(3)29)14-23-34-22(15-41-23)17(2)11-20(13-25(36)38-19(4)10-16)33-26(37)40-27(5,6)28(30,31)32/h7-9,12,15,17,19-21H,10-11,13-14H2,1-6H3,(H,33,37)/b9-7-,16-8+,18-12+/t17-,19-,20+,21+/m0/s1. The second kappa shape index (κ2) is 15.8. The van der Waals surface area contributed by atoms with Gasteiger partial charge in [-0.25, -0.2) is 14.6 Å². The summed E-state index contributed by atoms with van der Waals surface area (Å²) in [6.45, 7) is 10.4. The van der Waals surface area contributed by atoms with Crippen LogP contribution in [-0.2, 0) is 30.2 Å². The van der Waals surface area contributed by atoms with Crippen LogP contribution in [0.3, 0.4) is 0 Å². The number of ether oxygens (including phenoxy) is 3. The lowest BCUT2D eigenvalue weighted by Gasteiger charge is -2.32. The summed E-state index contributed by atoms with van der Waals surface area (Å²) in [5.41, 5.74) is 0.243. The number of amides is 1. The molecule has 0 fully saturated rings. The fraction of sp³-hybridized carbons (Fsp3) is 0.571. The molecule has 1 aromatic rings. The number of alkyl carbamates (subject to hydrolysis) is 1. The van der Waals surface area contributed by atoms with Crippen LogP contribution in [0.2, 0.25) is 0 Å². The van der Waals surface area contributed by atoms with Gasteiger partial charge in [0.15, 0.2) is 5.60 Å². The predicted molar refractivity (Wildman–Crippen MR) is 167 cm³/mol. The zero-order chi connectivity index (χ0) is 31.0. The summed E-state index contributed by atoms with van der Waals surface area (Å²) in [5.74, 6) is -1.12. The van der Waals surface area contributed by atoms with E-state index in [1.807, 2.05) is 32.2 Å². The van der Waals surface area contributed by atoms with Crippen LogP contribution < -0.4 is 5.32 Å². The Kier molecular flexibility index (Phi) is 13.7. The molecule has 2 rings (SSSR count). The molecule has 0 saturated heterocycles. The van der Waals surface area contributed by atoms with Crippen LogP contribution in [0.1, 0.15) is 77.4 Å². The second-order valence-electron chi connectivity index (χ2n) is 10.6. The van der Waals surface area contributed by atoms with E-state index in [0.717, 1.165) is 20.8 Å². The lowest BCUT2D eigenvalue weighted by Crippen LogP contribution is -2.47. The number of esters is 2. The molecule has 228 valence electrons. The van der Waals surface area contributed by atoms with E-state index in [0.29, 0.717) is 19.3 Å². The largest absolute Gasteiger partial charge is 0.462 e. The van der Waals surface area contributed by atoms with Gasteiger partial charge in [0.1, 0.15) is 12.2 Å². The Morgan fingerprint density at radius 1 is 1.20 bits per heavy atom. The van der Waals surface area contributed by atoms with E-state index >= 15 is 0 Å². The number of fused-ring (bicyclic) bond motifs is 2. The Morgan fingerprint density at radius 3 is 2.51 bits per heavy atom. The Hall–Kier alpha value is -1.59. The topological polar surface area (TPSA) is 104 Å². The molecule has 0 saturated carbocycles. The van der Waals surface area contributed by atoms with E-state index in [9.17, 15) is 14.4 Å². The molecule has 1 aliphatic heterocycles. The predicted octanol–water partition coefficient (Wildman–Crippen LogP) is 7.86. The van der Waals surface area contributed by atoms with Gasteiger partial charge in [0.25, 0.3) is 0 Å². The molecule has 0 radical (unpaired) electrons. The molecule has 0 unspecified atom stereocenters. The number of halogens is 4. The summed E-state index contributed by atoms with van der Waals surface area (Å²) in [7, 11) is 0. The molecule has 41 heavy (non-hydrogen) atoms. The van der Waals surface area contributed by atoms with E-state index in [1.54, 1.807) is 19.1 Å². The Labute approximate surface area is 268 Å². The Bertz CT molecular complexity index is 1170. The highest BCUT2D eigenvalue weighted by Crippen LogP contribution is 2.40. The lowest BCUT2D eigenvalue weighted by molar-refractivity contribution is -0.148. The van der Waals surface area contributed by atoms with Gasteiger partial charge in [-0.05, 0) is 51.6 Å². The van der Waals surface area contributed by atoms with E-state index in [2.05, 4.69) is 21.2 Å². The van der Waals surface area contributed by atoms with Crippen molar-refractivity contribution in [3.63, 3.8) is 0 Å². The summed E-state index contributed by atoms with van der Waals surface area (Å²) < 4.78 is 15.6. The maximum Gasteiger partial charge on any atom is 0.408 e. The van der Waals surface area contributed by atoms with Crippen molar-refractivity contribution >= 4 is 80.1 Å². The van der Waals surface area contributed by atoms with Gasteiger partial charge >= 0.3 is 18.0 Å². The maximum absolute atomic E-state index is 12.9. The molecule has 0 spiro atoms. The number of hydrogen-bond acceptors (Lipinski definition) is 8. The summed E-state index contributed by atoms with van der Waals surface area (Å²) in [5, 5.41) is 5.43. The van der Waals surface area contributed by atoms with Crippen molar-refractivity contribution < 1.29 is 28.6 Å². The van der Waals surface area contributed by atoms with Gasteiger partial charge in [-0.2, -0.15) is 0 Å². The molecular weight excluding hydrogens is 679 g/mol. The molecule has 4 atom stereocenters. The van der Waals surface area contributed by atoms with Crippen LogP contribution in [0.5, 0.6) is 0 Å². The fourth-order valence-electron chi connectivity index (χ4n) is 3.95. The van der Waals surface area contributed by atoms with Crippen molar-refractivity contribution in [2.75, 3.05) is 0 Å². The average Bonchev–Trinajstić information content (AvgIpc) is 3.25. The first kappa shape index (κ1) is 35.6. The molecule has 0 aliphatic carbocycles. The molecule has 2 heterocycles. The van der Waals surface area contributed by atoms with Gasteiger partial charge < -0.3 is 19.5 Å². The van der Waals surface area contributed by atoms with Crippen LogP contribution >= 0.6 is 62.1 Å². The summed E-state index contributed by atoms with van der Waals surface area (Å²) in [4.78, 5) is 42.9. The Balaban J connectivity index is 2.35. The van der Waals surface area contributed by atoms with Crippen molar-refractivity contribution in [1.29, 1.82) is 0 Å². The lowest BCUT2D eigenvalue weighted by atomic mass is 9.97. The first-order valence-electron chi connectivity index (χ1n) is 13.0. The molecule has 13 heteroatoms. The van der Waals surface area contributed by atoms with Crippen molar-refractivity contribution in [1.82, 2.24) is 10.3 Å².